The van der Waals surface area contributed by atoms with Gasteiger partial charge in [0.1, 0.15) is 5.54 Å². The quantitative estimate of drug-likeness (QED) is 0.785. The molecule has 0 spiro atoms. The fourth-order valence-electron chi connectivity index (χ4n) is 2.18. The number of nitrogens with zero attached hydrogens (tertiary/aromatic N) is 3. The van der Waals surface area contributed by atoms with Crippen LogP contribution in [0.1, 0.15) is 12.5 Å². The monoisotopic (exact) mass is 231 g/mol. The van der Waals surface area contributed by atoms with Crippen molar-refractivity contribution in [3.05, 3.63) is 30.1 Å². The summed E-state index contributed by atoms with van der Waals surface area (Å²) in [4.78, 5) is 6.29. The highest BCUT2D eigenvalue weighted by Gasteiger charge is 2.33. The number of rotatable bonds is 3. The Labute approximate surface area is 102 Å². The predicted molar refractivity (Wildman–Crippen MR) is 64.4 cm³/mol. The Balaban J connectivity index is 2.11. The first-order chi connectivity index (χ1) is 8.24. The summed E-state index contributed by atoms with van der Waals surface area (Å²) in [7, 11) is 0. The zero-order chi connectivity index (χ0) is 12.1. The van der Waals surface area contributed by atoms with Crippen molar-refractivity contribution in [3.8, 4) is 6.07 Å². The van der Waals surface area contributed by atoms with Crippen LogP contribution in [0.25, 0.3) is 0 Å². The maximum absolute atomic E-state index is 9.45. The molecular weight excluding hydrogens is 214 g/mol. The number of pyridine rings is 1. The van der Waals surface area contributed by atoms with Gasteiger partial charge in [0.15, 0.2) is 0 Å². The van der Waals surface area contributed by atoms with E-state index in [2.05, 4.69) is 16.0 Å². The highest BCUT2D eigenvalue weighted by atomic mass is 16.5. The Bertz CT molecular complexity index is 395. The van der Waals surface area contributed by atoms with Crippen molar-refractivity contribution in [2.45, 2.75) is 18.9 Å². The molecule has 90 valence electrons. The SMILES string of the molecule is CC(C#N)(Cc1cccnc1)N1CCOCC1. The molecule has 4 nitrogen and oxygen atoms in total. The lowest BCUT2D eigenvalue weighted by Crippen LogP contribution is -2.52. The van der Waals surface area contributed by atoms with E-state index in [1.165, 1.54) is 0 Å². The zero-order valence-corrected chi connectivity index (χ0v) is 10.1. The van der Waals surface area contributed by atoms with Crippen molar-refractivity contribution in [3.63, 3.8) is 0 Å². The molecule has 0 amide bonds. The van der Waals surface area contributed by atoms with Crippen LogP contribution in [0.15, 0.2) is 24.5 Å². The minimum Gasteiger partial charge on any atom is -0.379 e. The third kappa shape index (κ3) is 2.82. The van der Waals surface area contributed by atoms with Gasteiger partial charge in [0, 0.05) is 31.9 Å². The maximum Gasteiger partial charge on any atom is 0.110 e. The van der Waals surface area contributed by atoms with E-state index in [1.54, 1.807) is 6.20 Å². The first-order valence-corrected chi connectivity index (χ1v) is 5.87. The minimum atomic E-state index is -0.465. The topological polar surface area (TPSA) is 49.2 Å². The van der Waals surface area contributed by atoms with Crippen LogP contribution in [0.3, 0.4) is 0 Å². The second-order valence-electron chi connectivity index (χ2n) is 4.52. The van der Waals surface area contributed by atoms with Crippen LogP contribution < -0.4 is 0 Å². The number of morpholine rings is 1. The molecule has 0 aromatic carbocycles. The van der Waals surface area contributed by atoms with E-state index in [1.807, 2.05) is 25.3 Å². The van der Waals surface area contributed by atoms with Gasteiger partial charge in [-0.05, 0) is 18.6 Å². The van der Waals surface area contributed by atoms with Crippen molar-refractivity contribution in [2.24, 2.45) is 0 Å². The van der Waals surface area contributed by atoms with Crippen molar-refractivity contribution in [1.29, 1.82) is 5.26 Å². The summed E-state index contributed by atoms with van der Waals surface area (Å²) in [6, 6.07) is 6.37. The average molecular weight is 231 g/mol. The highest BCUT2D eigenvalue weighted by Crippen LogP contribution is 2.21. The molecule has 1 aliphatic heterocycles. The van der Waals surface area contributed by atoms with Crippen LogP contribution in [-0.2, 0) is 11.2 Å². The smallest absolute Gasteiger partial charge is 0.110 e. The van der Waals surface area contributed by atoms with Gasteiger partial charge in [-0.1, -0.05) is 6.07 Å². The molecule has 0 aliphatic carbocycles. The van der Waals surface area contributed by atoms with Crippen molar-refractivity contribution in [1.82, 2.24) is 9.88 Å². The summed E-state index contributed by atoms with van der Waals surface area (Å²) in [6.07, 6.45) is 4.29. The fourth-order valence-corrected chi connectivity index (χ4v) is 2.18. The normalized spacial score (nSPS) is 20.5. The largest absolute Gasteiger partial charge is 0.379 e. The minimum absolute atomic E-state index is 0.465. The predicted octanol–water partition coefficient (Wildman–Crippen LogP) is 1.24. The first-order valence-electron chi connectivity index (χ1n) is 5.87. The van der Waals surface area contributed by atoms with Crippen LogP contribution in [-0.4, -0.2) is 41.7 Å². The number of nitriles is 1. The highest BCUT2D eigenvalue weighted by molar-refractivity contribution is 5.18. The average Bonchev–Trinajstić information content (AvgIpc) is 2.41. The summed E-state index contributed by atoms with van der Waals surface area (Å²) in [5, 5.41) is 9.45. The van der Waals surface area contributed by atoms with E-state index in [-0.39, 0.29) is 0 Å². The molecule has 2 heterocycles. The molecule has 0 radical (unpaired) electrons. The van der Waals surface area contributed by atoms with E-state index in [4.69, 9.17) is 4.74 Å². The first kappa shape index (κ1) is 12.0. The van der Waals surface area contributed by atoms with Gasteiger partial charge < -0.3 is 4.74 Å². The van der Waals surface area contributed by atoms with E-state index >= 15 is 0 Å². The van der Waals surface area contributed by atoms with E-state index in [0.717, 1.165) is 18.7 Å². The molecule has 1 unspecified atom stereocenters. The molecule has 0 N–H and O–H groups in total. The molecular formula is C13H17N3O. The third-order valence-corrected chi connectivity index (χ3v) is 3.22. The number of hydrogen-bond acceptors (Lipinski definition) is 4. The Kier molecular flexibility index (Phi) is 3.72. The molecule has 17 heavy (non-hydrogen) atoms. The van der Waals surface area contributed by atoms with Gasteiger partial charge in [-0.3, -0.25) is 9.88 Å². The second-order valence-corrected chi connectivity index (χ2v) is 4.52. The summed E-state index contributed by atoms with van der Waals surface area (Å²) < 4.78 is 5.33. The van der Waals surface area contributed by atoms with Gasteiger partial charge in [0.05, 0.1) is 19.3 Å². The number of ether oxygens (including phenoxy) is 1. The molecule has 0 bridgehead atoms. The van der Waals surface area contributed by atoms with Gasteiger partial charge in [-0.15, -0.1) is 0 Å². The molecule has 1 atom stereocenters. The molecule has 1 saturated heterocycles. The zero-order valence-electron chi connectivity index (χ0n) is 10.1. The van der Waals surface area contributed by atoms with Gasteiger partial charge in [-0.25, -0.2) is 0 Å². The second kappa shape index (κ2) is 5.26. The third-order valence-electron chi connectivity index (χ3n) is 3.22. The molecule has 1 aromatic heterocycles. The van der Waals surface area contributed by atoms with Gasteiger partial charge in [0.2, 0.25) is 0 Å². The lowest BCUT2D eigenvalue weighted by Gasteiger charge is -2.38. The Morgan fingerprint density at radius 3 is 2.88 bits per heavy atom. The molecule has 1 fully saturated rings. The Morgan fingerprint density at radius 1 is 1.53 bits per heavy atom. The van der Waals surface area contributed by atoms with Gasteiger partial charge in [0.25, 0.3) is 0 Å². The van der Waals surface area contributed by atoms with Crippen LogP contribution >= 0.6 is 0 Å². The Morgan fingerprint density at radius 2 is 2.29 bits per heavy atom. The maximum atomic E-state index is 9.45. The van der Waals surface area contributed by atoms with Crippen LogP contribution in [0, 0.1) is 11.3 Å². The molecule has 4 heteroatoms. The van der Waals surface area contributed by atoms with Crippen LogP contribution in [0.5, 0.6) is 0 Å². The summed E-state index contributed by atoms with van der Waals surface area (Å²) >= 11 is 0. The summed E-state index contributed by atoms with van der Waals surface area (Å²) in [6.45, 7) is 5.06. The molecule has 0 saturated carbocycles. The van der Waals surface area contributed by atoms with Gasteiger partial charge in [-0.2, -0.15) is 5.26 Å². The lowest BCUT2D eigenvalue weighted by molar-refractivity contribution is 0.00187. The van der Waals surface area contributed by atoms with Crippen LogP contribution in [0.4, 0.5) is 0 Å². The Hall–Kier alpha value is -1.44. The molecule has 1 aromatic rings. The van der Waals surface area contributed by atoms with Crippen molar-refractivity contribution >= 4 is 0 Å². The number of hydrogen-bond donors (Lipinski definition) is 0. The van der Waals surface area contributed by atoms with E-state index in [9.17, 15) is 5.26 Å². The van der Waals surface area contributed by atoms with Crippen LogP contribution in [0.2, 0.25) is 0 Å². The summed E-state index contributed by atoms with van der Waals surface area (Å²) in [5.41, 5.74) is 0.635. The lowest BCUT2D eigenvalue weighted by atomic mass is 9.93. The van der Waals surface area contributed by atoms with Crippen molar-refractivity contribution in [2.75, 3.05) is 26.3 Å². The summed E-state index contributed by atoms with van der Waals surface area (Å²) in [5.74, 6) is 0. The molecule has 2 rings (SSSR count). The number of aromatic nitrogens is 1. The standard InChI is InChI=1S/C13H17N3O/c1-13(11-14,16-5-7-17-8-6-16)9-12-3-2-4-15-10-12/h2-4,10H,5-9H2,1H3. The van der Waals surface area contributed by atoms with E-state index < -0.39 is 5.54 Å². The molecule has 1 aliphatic rings. The fraction of sp³-hybridized carbons (Fsp3) is 0.538. The van der Waals surface area contributed by atoms with Crippen molar-refractivity contribution < 1.29 is 4.74 Å². The van der Waals surface area contributed by atoms with E-state index in [0.29, 0.717) is 19.6 Å². The van der Waals surface area contributed by atoms with Gasteiger partial charge >= 0.3 is 0 Å².